The Morgan fingerprint density at radius 3 is 1.22 bits per heavy atom. The third-order valence-electron chi connectivity index (χ3n) is 23.6. The molecule has 2 aliphatic carbocycles. The van der Waals surface area contributed by atoms with Gasteiger partial charge in [-0.1, -0.05) is 357 Å². The van der Waals surface area contributed by atoms with Crippen molar-refractivity contribution in [2.45, 2.75) is 57.8 Å². The summed E-state index contributed by atoms with van der Waals surface area (Å²) in [5.41, 5.74) is 31.1. The van der Waals surface area contributed by atoms with Crippen LogP contribution in [0.3, 0.4) is 0 Å². The Balaban J connectivity index is 0.980. The van der Waals surface area contributed by atoms with Gasteiger partial charge in [0.25, 0.3) is 6.71 Å². The fourth-order valence-electron chi connectivity index (χ4n) is 18.6. The largest absolute Gasteiger partial charge is 0.310 e. The number of nitrogens with zero attached hydrogens (tertiary/aromatic N) is 3. The molecule has 0 fully saturated rings. The number of hydrogen-bond donors (Lipinski definition) is 0. The van der Waals surface area contributed by atoms with Crippen molar-refractivity contribution in [3.8, 4) is 94.7 Å². The molecule has 1 spiro atoms. The van der Waals surface area contributed by atoms with E-state index < -0.39 is 48.4 Å². The van der Waals surface area contributed by atoms with Gasteiger partial charge in [-0.2, -0.15) is 0 Å². The maximum absolute atomic E-state index is 10.3. The lowest BCUT2D eigenvalue weighted by atomic mass is 9.33. The van der Waals surface area contributed by atoms with E-state index in [1.165, 1.54) is 44.5 Å². The first kappa shape index (κ1) is 56.3. The molecular formula is C105H78BN3. The Morgan fingerprint density at radius 2 is 0.706 bits per heavy atom. The van der Waals surface area contributed by atoms with Crippen molar-refractivity contribution in [2.75, 3.05) is 9.80 Å². The Morgan fingerprint density at radius 1 is 0.294 bits per heavy atom. The lowest BCUT2D eigenvalue weighted by Gasteiger charge is -2.46. The zero-order valence-electron chi connectivity index (χ0n) is 69.4. The van der Waals surface area contributed by atoms with Gasteiger partial charge in [-0.3, -0.25) is 0 Å². The van der Waals surface area contributed by atoms with Gasteiger partial charge in [0.05, 0.1) is 44.5 Å². The van der Waals surface area contributed by atoms with E-state index in [1.54, 1.807) is 4.57 Å². The molecule has 4 heteroatoms. The topological polar surface area (TPSA) is 11.4 Å². The highest BCUT2D eigenvalue weighted by Crippen LogP contribution is 2.65. The van der Waals surface area contributed by atoms with Gasteiger partial charge < -0.3 is 14.4 Å². The summed E-state index contributed by atoms with van der Waals surface area (Å²) in [5.74, 6) is 0. The fourth-order valence-corrected chi connectivity index (χ4v) is 18.6. The number of aromatic nitrogens is 1. The van der Waals surface area contributed by atoms with Crippen LogP contribution in [0.15, 0.2) is 364 Å². The summed E-state index contributed by atoms with van der Waals surface area (Å²) in [6.45, 7) is 13.0. The van der Waals surface area contributed by atoms with Crippen molar-refractivity contribution < 1.29 is 11.0 Å². The van der Waals surface area contributed by atoms with Crippen molar-refractivity contribution in [3.63, 3.8) is 0 Å². The molecule has 0 N–H and O–H groups in total. The number of rotatable bonds is 9. The molecule has 516 valence electrons. The van der Waals surface area contributed by atoms with Crippen LogP contribution < -0.4 is 26.2 Å². The van der Waals surface area contributed by atoms with Crippen LogP contribution in [0.1, 0.15) is 85.9 Å². The molecule has 4 aliphatic rings. The average molecular weight is 1400 g/mol. The number of anilines is 6. The number of benzene rings is 16. The summed E-state index contributed by atoms with van der Waals surface area (Å²) in [6.07, 6.45) is 0. The van der Waals surface area contributed by atoms with E-state index in [2.05, 4.69) is 355 Å². The van der Waals surface area contributed by atoms with Gasteiger partial charge in [0.15, 0.2) is 0 Å². The molecule has 21 rings (SSSR count). The minimum absolute atomic E-state index is 0.0107. The zero-order chi connectivity index (χ0) is 80.0. The van der Waals surface area contributed by atoms with Gasteiger partial charge in [0.1, 0.15) is 0 Å². The van der Waals surface area contributed by atoms with E-state index in [1.807, 2.05) is 12.1 Å². The maximum atomic E-state index is 10.3. The molecule has 0 bridgehead atoms. The second-order valence-corrected chi connectivity index (χ2v) is 31.6. The Kier molecular flexibility index (Phi) is 12.7. The summed E-state index contributed by atoms with van der Waals surface area (Å²) in [4.78, 5) is 4.93. The van der Waals surface area contributed by atoms with Crippen molar-refractivity contribution in [1.29, 1.82) is 0 Å². The Bertz CT molecular complexity index is 6810. The van der Waals surface area contributed by atoms with Crippen LogP contribution in [0.2, 0.25) is 0 Å². The minimum atomic E-state index is -0.722. The highest BCUT2D eigenvalue weighted by atomic mass is 15.2. The van der Waals surface area contributed by atoms with Crippen LogP contribution in [-0.4, -0.2) is 11.3 Å². The predicted molar refractivity (Wildman–Crippen MR) is 461 cm³/mol. The highest BCUT2D eigenvalue weighted by molar-refractivity contribution is 7.00. The van der Waals surface area contributed by atoms with Gasteiger partial charge in [0, 0.05) is 55.8 Å². The fraction of sp³-hybridized carbons (Fsp3) is 0.0857. The standard InChI is InChI=1S/C105H78BN3/c1-103(2,3)74-57-53-67(54-58-74)72-56-60-95-92(61-72)106-91-59-55-73(77-44-29-47-85-82-41-21-26-50-90(82)105(99(77)85)88-48-24-19-39-80(88)81-40-20-25-49-89(81)105)62-96(91)109(102-86(70-35-15-9-16-36-70)63-75(104(4,5)6)64-87(102)71-37-17-10-18-38-71)98-66-76(107-93-51-27-22-42-83(93)84-43-23-28-52-94(84)107)65-97(100(98)106)108(95)101-78(68-31-11-7-12-32-68)45-30-46-79(101)69-33-13-8-14-34-69/h7-66H,1-6H3/i22D,23D,27D,28D,42D,43D,51D,52D. The van der Waals surface area contributed by atoms with Crippen LogP contribution >= 0.6 is 0 Å². The van der Waals surface area contributed by atoms with Crippen molar-refractivity contribution in [1.82, 2.24) is 4.57 Å². The van der Waals surface area contributed by atoms with Crippen LogP contribution in [0, 0.1) is 0 Å². The maximum Gasteiger partial charge on any atom is 0.252 e. The monoisotopic (exact) mass is 1400 g/mol. The van der Waals surface area contributed by atoms with E-state index in [-0.39, 0.29) is 44.7 Å². The molecule has 109 heavy (non-hydrogen) atoms. The summed E-state index contributed by atoms with van der Waals surface area (Å²) in [6, 6.07) is 111. The van der Waals surface area contributed by atoms with Crippen molar-refractivity contribution in [3.05, 3.63) is 397 Å². The molecular weight excluding hydrogens is 1310 g/mol. The number of hydrogen-bond acceptors (Lipinski definition) is 2. The molecule has 0 radical (unpaired) electrons. The first-order chi connectivity index (χ1) is 56.7. The molecule has 0 saturated heterocycles. The molecule has 0 amide bonds. The summed E-state index contributed by atoms with van der Waals surface area (Å²) >= 11 is 0. The average Bonchev–Trinajstić information content (AvgIpc) is 1.55. The van der Waals surface area contributed by atoms with Gasteiger partial charge in [-0.05, 0) is 176 Å². The SMILES string of the molecule is [2H]c1c([2H])c([2H])c2c(c1[2H])c1c([2H])c([2H])c([2H])c([2H])c1n2-c1cc2c3c(c1)N(c1c(-c4ccccc4)cc(C(C)(C)C)cc1-c1ccccc1)c1cc(-c4cccc5c4C4(c6ccccc6-c6ccccc64)c4ccccc4-5)ccc1B3c1cc(-c3ccc(C(C)(C)C)cc3)ccc1N2c1c(-c2ccccc2)cccc1-c1ccccc1. The normalized spacial score (nSPS) is 14.5. The minimum Gasteiger partial charge on any atom is -0.310 e. The van der Waals surface area contributed by atoms with Gasteiger partial charge >= 0.3 is 0 Å². The summed E-state index contributed by atoms with van der Waals surface area (Å²) in [5, 5.41) is -0.0214. The van der Waals surface area contributed by atoms with Crippen LogP contribution in [-0.2, 0) is 16.2 Å². The first-order valence-electron chi connectivity index (χ1n) is 41.8. The third-order valence-corrected chi connectivity index (χ3v) is 23.6. The van der Waals surface area contributed by atoms with Gasteiger partial charge in [0.2, 0.25) is 0 Å². The first-order valence-corrected chi connectivity index (χ1v) is 37.8. The lowest BCUT2D eigenvalue weighted by molar-refractivity contribution is 0.590. The lowest BCUT2D eigenvalue weighted by Crippen LogP contribution is -2.61. The molecule has 0 saturated carbocycles. The molecule has 3 heterocycles. The predicted octanol–water partition coefficient (Wildman–Crippen LogP) is 25.8. The van der Waals surface area contributed by atoms with E-state index in [0.29, 0.717) is 5.69 Å². The Labute approximate surface area is 650 Å². The molecule has 1 aromatic heterocycles. The van der Waals surface area contributed by atoms with E-state index >= 15 is 0 Å². The molecule has 3 nitrogen and oxygen atoms in total. The molecule has 0 atom stereocenters. The number of para-hydroxylation sites is 3. The van der Waals surface area contributed by atoms with E-state index in [4.69, 9.17) is 0 Å². The molecule has 0 unspecified atom stereocenters. The van der Waals surface area contributed by atoms with Crippen LogP contribution in [0.5, 0.6) is 0 Å². The summed E-state index contributed by atoms with van der Waals surface area (Å²) in [7, 11) is 0. The van der Waals surface area contributed by atoms with Crippen LogP contribution in [0.25, 0.3) is 117 Å². The van der Waals surface area contributed by atoms with Gasteiger partial charge in [-0.25, -0.2) is 0 Å². The van der Waals surface area contributed by atoms with Crippen molar-refractivity contribution in [2.24, 2.45) is 0 Å². The summed E-state index contributed by atoms with van der Waals surface area (Å²) < 4.78 is 80.0. The molecule has 16 aromatic carbocycles. The Hall–Kier alpha value is -13.0. The van der Waals surface area contributed by atoms with Crippen molar-refractivity contribution >= 4 is 79.0 Å². The van der Waals surface area contributed by atoms with Crippen LogP contribution in [0.4, 0.5) is 34.1 Å². The van der Waals surface area contributed by atoms with Gasteiger partial charge in [-0.15, -0.1) is 0 Å². The quantitative estimate of drug-likeness (QED) is 0.133. The molecule has 17 aromatic rings. The smallest absolute Gasteiger partial charge is 0.252 e. The number of fused-ring (bicyclic) bond motifs is 17. The van der Waals surface area contributed by atoms with E-state index in [9.17, 15) is 11.0 Å². The zero-order valence-corrected chi connectivity index (χ0v) is 61.4. The second-order valence-electron chi connectivity index (χ2n) is 31.6. The highest BCUT2D eigenvalue weighted by Gasteiger charge is 2.53. The molecule has 2 aliphatic heterocycles. The van der Waals surface area contributed by atoms with E-state index in [0.717, 1.165) is 128 Å². The third kappa shape index (κ3) is 9.77. The second kappa shape index (κ2) is 24.5.